The van der Waals surface area contributed by atoms with E-state index in [0.717, 1.165) is 10.6 Å². The molecule has 1 N–H and O–H groups in total. The molecule has 2 aromatic rings. The molecule has 21 heavy (non-hydrogen) atoms. The summed E-state index contributed by atoms with van der Waals surface area (Å²) in [7, 11) is 0. The van der Waals surface area contributed by atoms with Crippen LogP contribution in [0.4, 0.5) is 5.69 Å². The van der Waals surface area contributed by atoms with Crippen LogP contribution in [0, 0.1) is 0 Å². The summed E-state index contributed by atoms with van der Waals surface area (Å²) in [5.41, 5.74) is 3.55. The van der Waals surface area contributed by atoms with Crippen molar-refractivity contribution in [3.05, 3.63) is 58.6 Å². The summed E-state index contributed by atoms with van der Waals surface area (Å²) in [4.78, 5) is 12.5. The summed E-state index contributed by atoms with van der Waals surface area (Å²) in [6.45, 7) is 1.47. The van der Waals surface area contributed by atoms with Gasteiger partial charge in [0, 0.05) is 21.9 Å². The Morgan fingerprint density at radius 1 is 1.10 bits per heavy atom. The molecule has 2 aromatic carbocycles. The van der Waals surface area contributed by atoms with Crippen LogP contribution in [0.25, 0.3) is 0 Å². The van der Waals surface area contributed by atoms with Gasteiger partial charge in [-0.15, -0.1) is 0 Å². The zero-order valence-corrected chi connectivity index (χ0v) is 13.5. The highest BCUT2D eigenvalue weighted by molar-refractivity contribution is 8.15. The third-order valence-corrected chi connectivity index (χ3v) is 4.01. The Bertz CT molecular complexity index is 672. The number of nitrogens with zero attached hydrogens (tertiary/aromatic N) is 1. The van der Waals surface area contributed by atoms with Crippen LogP contribution in [0.5, 0.6) is 0 Å². The van der Waals surface area contributed by atoms with Crippen molar-refractivity contribution in [1.82, 2.24) is 0 Å². The predicted octanol–water partition coefficient (Wildman–Crippen LogP) is 5.10. The third kappa shape index (κ3) is 5.08. The van der Waals surface area contributed by atoms with Crippen molar-refractivity contribution in [2.45, 2.75) is 11.8 Å². The van der Waals surface area contributed by atoms with Gasteiger partial charge in [0.1, 0.15) is 0 Å². The monoisotopic (exact) mass is 338 g/mol. The van der Waals surface area contributed by atoms with Crippen LogP contribution in [0.2, 0.25) is 10.0 Å². The van der Waals surface area contributed by atoms with Gasteiger partial charge in [-0.2, -0.15) is 5.10 Å². The number of hydrazone groups is 1. The number of halogens is 2. The lowest BCUT2D eigenvalue weighted by molar-refractivity contribution is -0.110. The molecule has 0 heterocycles. The number of hydrogen-bond donors (Lipinski definition) is 1. The topological polar surface area (TPSA) is 41.5 Å². The molecule has 0 unspecified atom stereocenters. The van der Waals surface area contributed by atoms with Crippen LogP contribution in [0.3, 0.4) is 0 Å². The van der Waals surface area contributed by atoms with Crippen molar-refractivity contribution in [3.63, 3.8) is 0 Å². The highest BCUT2D eigenvalue weighted by Gasteiger charge is 2.09. The molecule has 0 aliphatic carbocycles. The summed E-state index contributed by atoms with van der Waals surface area (Å²) in [5.74, 6) is -0.121. The van der Waals surface area contributed by atoms with Crippen LogP contribution >= 0.6 is 35.0 Å². The molecule has 0 bridgehead atoms. The van der Waals surface area contributed by atoms with E-state index in [2.05, 4.69) is 10.5 Å². The van der Waals surface area contributed by atoms with Gasteiger partial charge in [0.2, 0.25) is 0 Å². The Kier molecular flexibility index (Phi) is 5.67. The van der Waals surface area contributed by atoms with Crippen molar-refractivity contribution < 1.29 is 4.79 Å². The Morgan fingerprint density at radius 3 is 2.43 bits per heavy atom. The number of carbonyl (C=O) groups excluding carboxylic acids is 1. The number of rotatable bonds is 4. The van der Waals surface area contributed by atoms with E-state index < -0.39 is 0 Å². The molecule has 0 fully saturated rings. The number of hydrogen-bond acceptors (Lipinski definition) is 4. The van der Waals surface area contributed by atoms with Crippen molar-refractivity contribution in [2.75, 3.05) is 5.43 Å². The predicted molar refractivity (Wildman–Crippen MR) is 90.5 cm³/mol. The first-order chi connectivity index (χ1) is 10.0. The lowest BCUT2D eigenvalue weighted by atomic mass is 10.3. The zero-order chi connectivity index (χ0) is 15.2. The minimum Gasteiger partial charge on any atom is -0.292 e. The average molecular weight is 339 g/mol. The first kappa shape index (κ1) is 15.9. The quantitative estimate of drug-likeness (QED) is 0.365. The minimum absolute atomic E-state index is 0.121. The molecule has 0 aliphatic heterocycles. The van der Waals surface area contributed by atoms with Crippen LogP contribution in [-0.4, -0.2) is 10.8 Å². The van der Waals surface area contributed by atoms with Crippen molar-refractivity contribution in [3.8, 4) is 0 Å². The highest BCUT2D eigenvalue weighted by Crippen LogP contribution is 2.23. The minimum atomic E-state index is -0.121. The fourth-order valence-electron chi connectivity index (χ4n) is 1.46. The van der Waals surface area contributed by atoms with Gasteiger partial charge in [0.05, 0.1) is 5.69 Å². The Morgan fingerprint density at radius 2 is 1.81 bits per heavy atom. The van der Waals surface area contributed by atoms with Gasteiger partial charge in [-0.3, -0.25) is 10.2 Å². The van der Waals surface area contributed by atoms with Gasteiger partial charge >= 0.3 is 0 Å². The maximum Gasteiger partial charge on any atom is 0.186 e. The zero-order valence-electron chi connectivity index (χ0n) is 11.1. The van der Waals surface area contributed by atoms with Crippen molar-refractivity contribution >= 4 is 51.5 Å². The lowest BCUT2D eigenvalue weighted by Crippen LogP contribution is -2.08. The van der Waals surface area contributed by atoms with Crippen LogP contribution < -0.4 is 5.43 Å². The van der Waals surface area contributed by atoms with Gasteiger partial charge in [0.15, 0.2) is 10.8 Å². The molecular formula is C15H12Cl2N2OS. The number of nitrogens with one attached hydrogen (secondary N) is 1. The molecule has 0 atom stereocenters. The second-order valence-corrected chi connectivity index (χ2v) is 6.09. The number of thioether (sulfide) groups is 1. The van der Waals surface area contributed by atoms with Crippen LogP contribution in [0.15, 0.2) is 58.5 Å². The van der Waals surface area contributed by atoms with E-state index in [-0.39, 0.29) is 5.78 Å². The molecule has 0 radical (unpaired) electrons. The highest BCUT2D eigenvalue weighted by atomic mass is 35.5. The number of anilines is 1. The van der Waals surface area contributed by atoms with E-state index in [4.69, 9.17) is 23.2 Å². The van der Waals surface area contributed by atoms with Crippen molar-refractivity contribution in [2.24, 2.45) is 5.10 Å². The fraction of sp³-hybridized carbons (Fsp3) is 0.0667. The lowest BCUT2D eigenvalue weighted by Gasteiger charge is -2.05. The first-order valence-electron chi connectivity index (χ1n) is 6.08. The fourth-order valence-corrected chi connectivity index (χ4v) is 2.51. The molecule has 0 amide bonds. The molecule has 0 saturated carbocycles. The van der Waals surface area contributed by atoms with Crippen molar-refractivity contribution in [1.29, 1.82) is 0 Å². The van der Waals surface area contributed by atoms with E-state index in [1.807, 2.05) is 18.2 Å². The molecule has 0 spiro atoms. The molecule has 108 valence electrons. The average Bonchev–Trinajstić information content (AvgIpc) is 2.45. The van der Waals surface area contributed by atoms with E-state index >= 15 is 0 Å². The SMILES string of the molecule is CC(=O)C(=NNc1cccc(Cl)c1)Sc1ccc(Cl)cc1. The van der Waals surface area contributed by atoms with Gasteiger partial charge < -0.3 is 0 Å². The Labute approximate surface area is 137 Å². The van der Waals surface area contributed by atoms with Crippen LogP contribution in [-0.2, 0) is 4.79 Å². The normalized spacial score (nSPS) is 11.3. The van der Waals surface area contributed by atoms with E-state index in [1.165, 1.54) is 18.7 Å². The summed E-state index contributed by atoms with van der Waals surface area (Å²) in [6.07, 6.45) is 0. The number of carbonyl (C=O) groups is 1. The molecule has 0 aromatic heterocycles. The van der Waals surface area contributed by atoms with E-state index in [1.54, 1.807) is 30.3 Å². The molecule has 0 saturated heterocycles. The van der Waals surface area contributed by atoms with Gasteiger partial charge in [-0.25, -0.2) is 0 Å². The van der Waals surface area contributed by atoms with Gasteiger partial charge in [-0.05, 0) is 42.5 Å². The molecular weight excluding hydrogens is 327 g/mol. The second-order valence-electron chi connectivity index (χ2n) is 4.15. The van der Waals surface area contributed by atoms with Crippen LogP contribution in [0.1, 0.15) is 6.92 Å². The largest absolute Gasteiger partial charge is 0.292 e. The number of Topliss-reactive ketones (excluding diaryl/α,β-unsaturated/α-hetero) is 1. The van der Waals surface area contributed by atoms with Gasteiger partial charge in [0.25, 0.3) is 0 Å². The molecule has 3 nitrogen and oxygen atoms in total. The Balaban J connectivity index is 2.13. The summed E-state index contributed by atoms with van der Waals surface area (Å²) in [5, 5.41) is 5.75. The smallest absolute Gasteiger partial charge is 0.186 e. The Hall–Kier alpha value is -1.49. The summed E-state index contributed by atoms with van der Waals surface area (Å²) in [6, 6.07) is 14.3. The summed E-state index contributed by atoms with van der Waals surface area (Å²) >= 11 is 13.0. The summed E-state index contributed by atoms with van der Waals surface area (Å²) < 4.78 is 0. The number of benzene rings is 2. The first-order valence-corrected chi connectivity index (χ1v) is 7.65. The molecule has 2 rings (SSSR count). The number of ketones is 1. The van der Waals surface area contributed by atoms with E-state index in [9.17, 15) is 4.79 Å². The van der Waals surface area contributed by atoms with Gasteiger partial charge in [-0.1, -0.05) is 41.0 Å². The standard InChI is InChI=1S/C15H12Cl2N2OS/c1-10(20)15(21-14-7-5-11(16)6-8-14)19-18-13-4-2-3-12(17)9-13/h2-9,18H,1H3. The molecule has 0 aliphatic rings. The maximum absolute atomic E-state index is 11.7. The third-order valence-electron chi connectivity index (χ3n) is 2.44. The van der Waals surface area contributed by atoms with E-state index in [0.29, 0.717) is 15.1 Å². The maximum atomic E-state index is 11.7. The second kappa shape index (κ2) is 7.50. The molecule has 6 heteroatoms.